The largest absolute Gasteiger partial charge is 0.481 e. The molecule has 4 saturated carbocycles. The van der Waals surface area contributed by atoms with Gasteiger partial charge in [0.05, 0.1) is 12.2 Å². The van der Waals surface area contributed by atoms with Crippen LogP contribution in [0.25, 0.3) is 0 Å². The number of rotatable bonds is 5. The SMILES string of the molecule is CC[C@H]1[C@@H](O)C2C(CC[C@@]3(C)[C@@H]2CC[C@@H]3[C@H](C)CCC(=O)O)[C@@]2(C)CC[C@@H](O)C[C@@H]12. The third kappa shape index (κ3) is 3.36. The second-order valence-corrected chi connectivity index (χ2v) is 12.0. The van der Waals surface area contributed by atoms with Crippen molar-refractivity contribution in [3.05, 3.63) is 0 Å². The standard InChI is InChI=1S/C26H44O4/c1-5-17-21-14-16(27)10-12-26(21,4)20-11-13-25(3)18(15(2)6-9-22(28)29)7-8-19(25)23(20)24(17)30/h15-21,23-24,27,30H,5-14H2,1-4H3,(H,28,29)/t15-,16-,17-,18-,19-,20?,21+,23?,24-,25-,26-/m1/s1. The highest BCUT2D eigenvalue weighted by Crippen LogP contribution is 2.69. The summed E-state index contributed by atoms with van der Waals surface area (Å²) in [6.07, 6.45) is 9.27. The minimum atomic E-state index is -0.683. The van der Waals surface area contributed by atoms with E-state index in [9.17, 15) is 15.0 Å². The second-order valence-electron chi connectivity index (χ2n) is 12.0. The van der Waals surface area contributed by atoms with Gasteiger partial charge in [-0.2, -0.15) is 0 Å². The van der Waals surface area contributed by atoms with Crippen molar-refractivity contribution < 1.29 is 20.1 Å². The third-order valence-electron chi connectivity index (χ3n) is 11.0. The molecule has 4 aliphatic carbocycles. The van der Waals surface area contributed by atoms with Gasteiger partial charge in [0.2, 0.25) is 0 Å². The summed E-state index contributed by atoms with van der Waals surface area (Å²) >= 11 is 0. The summed E-state index contributed by atoms with van der Waals surface area (Å²) in [5, 5.41) is 31.3. The molecule has 0 saturated heterocycles. The Hall–Kier alpha value is -0.610. The molecule has 4 nitrogen and oxygen atoms in total. The zero-order chi connectivity index (χ0) is 21.8. The van der Waals surface area contributed by atoms with Crippen LogP contribution in [0.15, 0.2) is 0 Å². The lowest BCUT2D eigenvalue weighted by Gasteiger charge is -2.64. The average Bonchev–Trinajstić information content (AvgIpc) is 3.05. The Morgan fingerprint density at radius 1 is 1.00 bits per heavy atom. The van der Waals surface area contributed by atoms with E-state index in [0.29, 0.717) is 41.4 Å². The Kier molecular flexibility index (Phi) is 6.07. The minimum Gasteiger partial charge on any atom is -0.481 e. The van der Waals surface area contributed by atoms with Gasteiger partial charge >= 0.3 is 5.97 Å². The van der Waals surface area contributed by atoms with Gasteiger partial charge < -0.3 is 15.3 Å². The Labute approximate surface area is 182 Å². The summed E-state index contributed by atoms with van der Waals surface area (Å²) in [4.78, 5) is 11.1. The molecule has 0 radical (unpaired) electrons. The van der Waals surface area contributed by atoms with E-state index in [4.69, 9.17) is 5.11 Å². The predicted octanol–water partition coefficient (Wildman–Crippen LogP) is 5.11. The van der Waals surface area contributed by atoms with Crippen LogP contribution in [0.3, 0.4) is 0 Å². The fourth-order valence-corrected chi connectivity index (χ4v) is 9.48. The lowest BCUT2D eigenvalue weighted by molar-refractivity contribution is -0.203. The molecule has 4 aliphatic rings. The third-order valence-corrected chi connectivity index (χ3v) is 11.0. The number of hydrogen-bond donors (Lipinski definition) is 3. The summed E-state index contributed by atoms with van der Waals surface area (Å²) in [5.41, 5.74) is 0.480. The maximum atomic E-state index is 11.7. The van der Waals surface area contributed by atoms with Crippen molar-refractivity contribution in [2.75, 3.05) is 0 Å². The van der Waals surface area contributed by atoms with Crippen LogP contribution in [-0.2, 0) is 4.79 Å². The predicted molar refractivity (Wildman–Crippen MR) is 118 cm³/mol. The maximum Gasteiger partial charge on any atom is 0.303 e. The normalized spacial score (nSPS) is 51.5. The van der Waals surface area contributed by atoms with Crippen LogP contribution in [0.2, 0.25) is 0 Å². The van der Waals surface area contributed by atoms with E-state index in [2.05, 4.69) is 27.7 Å². The van der Waals surface area contributed by atoms with Crippen LogP contribution < -0.4 is 0 Å². The number of fused-ring (bicyclic) bond motifs is 5. The molecule has 0 bridgehead atoms. The van der Waals surface area contributed by atoms with Gasteiger partial charge in [-0.25, -0.2) is 0 Å². The zero-order valence-corrected chi connectivity index (χ0v) is 19.5. The van der Waals surface area contributed by atoms with Gasteiger partial charge in [0, 0.05) is 6.42 Å². The van der Waals surface area contributed by atoms with Crippen LogP contribution in [0.4, 0.5) is 0 Å². The van der Waals surface area contributed by atoms with Gasteiger partial charge in [0.15, 0.2) is 0 Å². The highest BCUT2D eigenvalue weighted by Gasteiger charge is 2.64. The van der Waals surface area contributed by atoms with Crippen LogP contribution >= 0.6 is 0 Å². The number of aliphatic hydroxyl groups is 2. The van der Waals surface area contributed by atoms with E-state index < -0.39 is 5.97 Å². The summed E-state index contributed by atoms with van der Waals surface area (Å²) in [6.45, 7) is 9.44. The number of aliphatic hydroxyl groups excluding tert-OH is 2. The first-order valence-corrected chi connectivity index (χ1v) is 12.7. The molecule has 0 spiro atoms. The number of hydrogen-bond acceptors (Lipinski definition) is 3. The molecule has 30 heavy (non-hydrogen) atoms. The molecule has 0 aliphatic heterocycles. The Morgan fingerprint density at radius 2 is 1.67 bits per heavy atom. The lowest BCUT2D eigenvalue weighted by Crippen LogP contribution is -2.62. The lowest BCUT2D eigenvalue weighted by atomic mass is 9.41. The zero-order valence-electron chi connectivity index (χ0n) is 19.5. The molecule has 4 heteroatoms. The van der Waals surface area contributed by atoms with E-state index in [0.717, 1.165) is 32.1 Å². The molecule has 0 aromatic heterocycles. The molecule has 4 rings (SSSR count). The van der Waals surface area contributed by atoms with Gasteiger partial charge in [0.1, 0.15) is 0 Å². The van der Waals surface area contributed by atoms with Crippen LogP contribution in [0.1, 0.15) is 91.9 Å². The smallest absolute Gasteiger partial charge is 0.303 e. The molecule has 172 valence electrons. The van der Waals surface area contributed by atoms with E-state index in [-0.39, 0.29) is 29.5 Å². The van der Waals surface area contributed by atoms with Crippen molar-refractivity contribution in [2.24, 2.45) is 52.3 Å². The van der Waals surface area contributed by atoms with E-state index in [1.165, 1.54) is 25.7 Å². The molecule has 3 N–H and O–H groups in total. The first-order chi connectivity index (χ1) is 14.1. The van der Waals surface area contributed by atoms with E-state index in [1.807, 2.05) is 0 Å². The first kappa shape index (κ1) is 22.6. The Balaban J connectivity index is 1.61. The first-order valence-electron chi connectivity index (χ1n) is 12.7. The molecule has 11 atom stereocenters. The highest BCUT2D eigenvalue weighted by molar-refractivity contribution is 5.66. The van der Waals surface area contributed by atoms with Crippen LogP contribution in [0, 0.1) is 52.3 Å². The van der Waals surface area contributed by atoms with E-state index >= 15 is 0 Å². The van der Waals surface area contributed by atoms with Crippen molar-refractivity contribution in [3.8, 4) is 0 Å². The van der Waals surface area contributed by atoms with Crippen LogP contribution in [-0.4, -0.2) is 33.5 Å². The Morgan fingerprint density at radius 3 is 2.33 bits per heavy atom. The fourth-order valence-electron chi connectivity index (χ4n) is 9.48. The number of aliphatic carboxylic acids is 1. The summed E-state index contributed by atoms with van der Waals surface area (Å²) in [5.74, 6) is 2.58. The molecule has 2 unspecified atom stereocenters. The van der Waals surface area contributed by atoms with Gasteiger partial charge in [0.25, 0.3) is 0 Å². The van der Waals surface area contributed by atoms with Crippen molar-refractivity contribution in [2.45, 2.75) is 104 Å². The van der Waals surface area contributed by atoms with Gasteiger partial charge in [-0.05, 0) is 104 Å². The van der Waals surface area contributed by atoms with E-state index in [1.54, 1.807) is 0 Å². The summed E-state index contributed by atoms with van der Waals surface area (Å²) in [6, 6.07) is 0. The van der Waals surface area contributed by atoms with Crippen molar-refractivity contribution >= 4 is 5.97 Å². The summed E-state index contributed by atoms with van der Waals surface area (Å²) in [7, 11) is 0. The molecular formula is C26H44O4. The number of carboxylic acid groups (broad SMARTS) is 1. The molecule has 0 aromatic carbocycles. The van der Waals surface area contributed by atoms with Crippen molar-refractivity contribution in [1.29, 1.82) is 0 Å². The number of carboxylic acids is 1. The molecule has 0 aromatic rings. The number of carbonyl (C=O) groups is 1. The van der Waals surface area contributed by atoms with Crippen molar-refractivity contribution in [1.82, 2.24) is 0 Å². The van der Waals surface area contributed by atoms with Gasteiger partial charge in [-0.1, -0.05) is 34.1 Å². The van der Waals surface area contributed by atoms with Crippen LogP contribution in [0.5, 0.6) is 0 Å². The highest BCUT2D eigenvalue weighted by atomic mass is 16.4. The molecule has 4 fully saturated rings. The fraction of sp³-hybridized carbons (Fsp3) is 0.962. The topological polar surface area (TPSA) is 77.8 Å². The van der Waals surface area contributed by atoms with Gasteiger partial charge in [-0.15, -0.1) is 0 Å². The minimum absolute atomic E-state index is 0.194. The average molecular weight is 421 g/mol. The molecule has 0 heterocycles. The quantitative estimate of drug-likeness (QED) is 0.577. The van der Waals surface area contributed by atoms with Gasteiger partial charge in [-0.3, -0.25) is 4.79 Å². The summed E-state index contributed by atoms with van der Waals surface area (Å²) < 4.78 is 0. The second kappa shape index (κ2) is 8.06. The maximum absolute atomic E-state index is 11.7. The Bertz CT molecular complexity index is 649. The monoisotopic (exact) mass is 420 g/mol. The molecule has 0 amide bonds. The molecular weight excluding hydrogens is 376 g/mol. The van der Waals surface area contributed by atoms with Crippen molar-refractivity contribution in [3.63, 3.8) is 0 Å².